The van der Waals surface area contributed by atoms with Crippen molar-refractivity contribution < 1.29 is 14.3 Å². The van der Waals surface area contributed by atoms with E-state index in [-0.39, 0.29) is 25.1 Å². The van der Waals surface area contributed by atoms with Gasteiger partial charge in [-0.05, 0) is 31.7 Å². The number of carbonyl (C=O) groups is 1. The zero-order valence-electron chi connectivity index (χ0n) is 16.2. The number of benzene rings is 1. The van der Waals surface area contributed by atoms with E-state index in [0.717, 1.165) is 23.5 Å². The smallest absolute Gasteiger partial charge is 0.231 e. The van der Waals surface area contributed by atoms with Crippen molar-refractivity contribution in [2.45, 2.75) is 47.1 Å². The van der Waals surface area contributed by atoms with Gasteiger partial charge in [0.15, 0.2) is 11.5 Å². The highest BCUT2D eigenvalue weighted by Gasteiger charge is 2.18. The Hall–Kier alpha value is -2.41. The number of anilines is 2. The number of fused-ring (bicyclic) bond motifs is 1. The number of hydrogen-bond donors (Lipinski definition) is 2. The summed E-state index contributed by atoms with van der Waals surface area (Å²) in [5.74, 6) is 1.63. The summed E-state index contributed by atoms with van der Waals surface area (Å²) in [5.41, 5.74) is 10.2. The van der Waals surface area contributed by atoms with Crippen LogP contribution in [0.5, 0.6) is 11.5 Å². The van der Waals surface area contributed by atoms with E-state index in [0.29, 0.717) is 41.6 Å². The molecule has 0 fully saturated rings. The first-order chi connectivity index (χ1) is 12.3. The first kappa shape index (κ1) is 20.9. The van der Waals surface area contributed by atoms with Crippen molar-refractivity contribution in [3.8, 4) is 11.5 Å². The number of nitrogens with two attached hydrogens (primary N) is 1. The molecule has 0 unspecified atom stereocenters. The third kappa shape index (κ3) is 4.66. The number of nitrogens with one attached hydrogen (secondary N) is 1. The van der Waals surface area contributed by atoms with E-state index in [2.05, 4.69) is 31.2 Å². The number of amides is 1. The van der Waals surface area contributed by atoms with Crippen LogP contribution in [0, 0.1) is 19.8 Å². The number of carbonyl (C=O) groups excluding carboxylic acids is 1. The van der Waals surface area contributed by atoms with Gasteiger partial charge in [-0.3, -0.25) is 9.48 Å². The van der Waals surface area contributed by atoms with Crippen molar-refractivity contribution in [3.63, 3.8) is 0 Å². The van der Waals surface area contributed by atoms with Gasteiger partial charge in [-0.2, -0.15) is 5.10 Å². The Morgan fingerprint density at radius 2 is 1.96 bits per heavy atom. The van der Waals surface area contributed by atoms with Gasteiger partial charge in [-0.1, -0.05) is 13.8 Å². The highest BCUT2D eigenvalue weighted by atomic mass is 35.5. The minimum atomic E-state index is -0.0917. The van der Waals surface area contributed by atoms with Crippen LogP contribution in [0.25, 0.3) is 0 Å². The number of aryl methyl sites for hydroxylation is 1. The van der Waals surface area contributed by atoms with E-state index in [1.54, 1.807) is 12.1 Å². The molecule has 1 amide bonds. The SMILES string of the molecule is Cc1nn(CC(C)C)c(C)c1CCC(=O)Nc1cc2c(cc1N)OCO2.Cl. The highest BCUT2D eigenvalue weighted by Crippen LogP contribution is 2.38. The van der Waals surface area contributed by atoms with E-state index in [4.69, 9.17) is 15.2 Å². The molecule has 2 aromatic rings. The molecule has 0 bridgehead atoms. The van der Waals surface area contributed by atoms with Gasteiger partial charge < -0.3 is 20.5 Å². The molecular weight excluding hydrogens is 368 g/mol. The molecule has 0 saturated carbocycles. The number of ether oxygens (including phenoxy) is 2. The van der Waals surface area contributed by atoms with Crippen LogP contribution in [0.4, 0.5) is 11.4 Å². The zero-order valence-corrected chi connectivity index (χ0v) is 17.0. The van der Waals surface area contributed by atoms with Crippen molar-refractivity contribution in [2.24, 2.45) is 5.92 Å². The maximum Gasteiger partial charge on any atom is 0.231 e. The summed E-state index contributed by atoms with van der Waals surface area (Å²) in [6, 6.07) is 3.37. The Morgan fingerprint density at radius 1 is 1.30 bits per heavy atom. The molecule has 1 aliphatic heterocycles. The van der Waals surface area contributed by atoms with Gasteiger partial charge in [0, 0.05) is 30.8 Å². The Kier molecular flexibility index (Phi) is 6.59. The molecule has 3 rings (SSSR count). The lowest BCUT2D eigenvalue weighted by atomic mass is 10.1. The van der Waals surface area contributed by atoms with Crippen LogP contribution >= 0.6 is 12.4 Å². The van der Waals surface area contributed by atoms with Crippen molar-refractivity contribution in [1.82, 2.24) is 9.78 Å². The second-order valence-corrected chi connectivity index (χ2v) is 7.07. The Bertz CT molecular complexity index is 833. The van der Waals surface area contributed by atoms with Crippen LogP contribution in [-0.4, -0.2) is 22.5 Å². The molecule has 2 heterocycles. The van der Waals surface area contributed by atoms with Gasteiger partial charge >= 0.3 is 0 Å². The predicted octanol–water partition coefficient (Wildman–Crippen LogP) is 3.46. The molecular formula is C19H27ClN4O3. The van der Waals surface area contributed by atoms with Crippen LogP contribution in [0.2, 0.25) is 0 Å². The molecule has 7 nitrogen and oxygen atoms in total. The summed E-state index contributed by atoms with van der Waals surface area (Å²) in [7, 11) is 0. The zero-order chi connectivity index (χ0) is 18.8. The maximum atomic E-state index is 12.4. The van der Waals surface area contributed by atoms with E-state index < -0.39 is 0 Å². The summed E-state index contributed by atoms with van der Waals surface area (Å²) < 4.78 is 12.6. The van der Waals surface area contributed by atoms with Gasteiger partial charge in [0.1, 0.15) is 0 Å². The summed E-state index contributed by atoms with van der Waals surface area (Å²) >= 11 is 0. The lowest BCUT2D eigenvalue weighted by Crippen LogP contribution is -2.14. The lowest BCUT2D eigenvalue weighted by Gasteiger charge is -2.10. The van der Waals surface area contributed by atoms with Crippen molar-refractivity contribution >= 4 is 29.7 Å². The summed E-state index contributed by atoms with van der Waals surface area (Å²) in [6.45, 7) is 9.44. The van der Waals surface area contributed by atoms with E-state index in [9.17, 15) is 4.79 Å². The molecule has 0 saturated heterocycles. The molecule has 1 aliphatic rings. The lowest BCUT2D eigenvalue weighted by molar-refractivity contribution is -0.116. The van der Waals surface area contributed by atoms with Crippen LogP contribution in [0.3, 0.4) is 0 Å². The monoisotopic (exact) mass is 394 g/mol. The second kappa shape index (κ2) is 8.52. The summed E-state index contributed by atoms with van der Waals surface area (Å²) in [4.78, 5) is 12.4. The van der Waals surface area contributed by atoms with E-state index in [1.807, 2.05) is 11.6 Å². The first-order valence-corrected chi connectivity index (χ1v) is 8.87. The van der Waals surface area contributed by atoms with Crippen molar-refractivity contribution in [2.75, 3.05) is 17.8 Å². The molecule has 0 spiro atoms. The largest absolute Gasteiger partial charge is 0.454 e. The minimum Gasteiger partial charge on any atom is -0.454 e. The quantitative estimate of drug-likeness (QED) is 0.732. The third-order valence-corrected chi connectivity index (χ3v) is 4.49. The fraction of sp³-hybridized carbons (Fsp3) is 0.474. The molecule has 1 aromatic heterocycles. The van der Waals surface area contributed by atoms with Crippen LogP contribution in [-0.2, 0) is 17.8 Å². The number of nitrogen functional groups attached to an aromatic ring is 1. The molecule has 0 aliphatic carbocycles. The third-order valence-electron chi connectivity index (χ3n) is 4.49. The Morgan fingerprint density at radius 3 is 2.63 bits per heavy atom. The molecule has 148 valence electrons. The van der Waals surface area contributed by atoms with Gasteiger partial charge in [0.25, 0.3) is 0 Å². The minimum absolute atomic E-state index is 0. The average molecular weight is 395 g/mol. The molecule has 0 atom stereocenters. The van der Waals surface area contributed by atoms with Gasteiger partial charge in [0.05, 0.1) is 17.1 Å². The molecule has 0 radical (unpaired) electrons. The number of nitrogens with zero attached hydrogens (tertiary/aromatic N) is 2. The maximum absolute atomic E-state index is 12.4. The van der Waals surface area contributed by atoms with Gasteiger partial charge in [-0.25, -0.2) is 0 Å². The molecule has 8 heteroatoms. The Labute approximate surface area is 165 Å². The fourth-order valence-electron chi connectivity index (χ4n) is 3.14. The number of aromatic nitrogens is 2. The Balaban J connectivity index is 0.00000261. The topological polar surface area (TPSA) is 91.4 Å². The van der Waals surface area contributed by atoms with Gasteiger partial charge in [-0.15, -0.1) is 12.4 Å². The van der Waals surface area contributed by atoms with Crippen molar-refractivity contribution in [1.29, 1.82) is 0 Å². The number of hydrogen-bond acceptors (Lipinski definition) is 5. The predicted molar refractivity (Wildman–Crippen MR) is 108 cm³/mol. The molecule has 3 N–H and O–H groups in total. The fourth-order valence-corrected chi connectivity index (χ4v) is 3.14. The number of rotatable bonds is 6. The van der Waals surface area contributed by atoms with Gasteiger partial charge in [0.2, 0.25) is 12.7 Å². The van der Waals surface area contributed by atoms with Crippen LogP contribution < -0.4 is 20.5 Å². The first-order valence-electron chi connectivity index (χ1n) is 8.87. The van der Waals surface area contributed by atoms with Crippen molar-refractivity contribution in [3.05, 3.63) is 29.1 Å². The van der Waals surface area contributed by atoms with Crippen LogP contribution in [0.1, 0.15) is 37.2 Å². The summed E-state index contributed by atoms with van der Waals surface area (Å²) in [6.07, 6.45) is 1.01. The standard InChI is InChI=1S/C19H26N4O3.ClH/c1-11(2)9-23-13(4)14(12(3)22-23)5-6-19(24)21-16-8-18-17(7-15(16)20)25-10-26-18;/h7-8,11H,5-6,9-10,20H2,1-4H3,(H,21,24);1H. The molecule has 1 aromatic carbocycles. The second-order valence-electron chi connectivity index (χ2n) is 7.07. The van der Waals surface area contributed by atoms with Crippen LogP contribution in [0.15, 0.2) is 12.1 Å². The molecule has 27 heavy (non-hydrogen) atoms. The summed E-state index contributed by atoms with van der Waals surface area (Å²) in [5, 5.41) is 7.46. The highest BCUT2D eigenvalue weighted by molar-refractivity contribution is 5.94. The normalized spacial score (nSPS) is 12.2. The van der Waals surface area contributed by atoms with E-state index in [1.165, 1.54) is 0 Å². The van der Waals surface area contributed by atoms with E-state index >= 15 is 0 Å². The average Bonchev–Trinajstić information content (AvgIpc) is 3.10. The number of halogens is 1.